The van der Waals surface area contributed by atoms with Crippen LogP contribution in [0.25, 0.3) is 5.03 Å². The van der Waals surface area contributed by atoms with Gasteiger partial charge in [-0.15, -0.1) is 0 Å². The molecule has 52 valence electrons. The van der Waals surface area contributed by atoms with Crippen molar-refractivity contribution in [2.75, 3.05) is 0 Å². The Morgan fingerprint density at radius 1 is 1.60 bits per heavy atom. The molecule has 1 rings (SSSR count). The topological polar surface area (TPSA) is 12.9 Å². The number of pyridine rings is 1. The van der Waals surface area contributed by atoms with Gasteiger partial charge in [0.15, 0.2) is 0 Å². The highest BCUT2D eigenvalue weighted by atomic mass is 127. The summed E-state index contributed by atoms with van der Waals surface area (Å²) in [5.74, 6) is 0. The third-order valence-corrected chi connectivity index (χ3v) is 1.79. The second kappa shape index (κ2) is 3.34. The molecule has 10 heavy (non-hydrogen) atoms. The van der Waals surface area contributed by atoms with Crippen LogP contribution in [0.2, 0.25) is 0 Å². The maximum atomic E-state index is 5.61. The van der Waals surface area contributed by atoms with Crippen molar-refractivity contribution in [1.82, 2.24) is 4.98 Å². The lowest BCUT2D eigenvalue weighted by Gasteiger charge is -1.94. The van der Waals surface area contributed by atoms with Crippen LogP contribution in [0, 0.1) is 3.70 Å². The summed E-state index contributed by atoms with van der Waals surface area (Å²) in [4.78, 5) is 4.13. The van der Waals surface area contributed by atoms with E-state index in [-0.39, 0.29) is 0 Å². The minimum Gasteiger partial charge on any atom is -0.241 e. The van der Waals surface area contributed by atoms with Crippen LogP contribution in [0.1, 0.15) is 5.69 Å². The van der Waals surface area contributed by atoms with Crippen molar-refractivity contribution in [3.8, 4) is 0 Å². The first-order valence-corrected chi connectivity index (χ1v) is 4.13. The molecule has 1 aromatic heterocycles. The summed E-state index contributed by atoms with van der Waals surface area (Å²) >= 11 is 7.74. The first-order valence-electron chi connectivity index (χ1n) is 2.67. The third-order valence-electron chi connectivity index (χ3n) is 0.993. The van der Waals surface area contributed by atoms with Gasteiger partial charge < -0.3 is 0 Å². The van der Waals surface area contributed by atoms with E-state index in [1.54, 1.807) is 0 Å². The maximum Gasteiger partial charge on any atom is 0.102 e. The quantitative estimate of drug-likeness (QED) is 0.562. The molecule has 0 atom stereocenters. The van der Waals surface area contributed by atoms with Gasteiger partial charge in [-0.3, -0.25) is 0 Å². The van der Waals surface area contributed by atoms with Crippen molar-refractivity contribution < 1.29 is 0 Å². The van der Waals surface area contributed by atoms with E-state index in [1.165, 1.54) is 0 Å². The summed E-state index contributed by atoms with van der Waals surface area (Å²) in [6.45, 7) is 3.57. The second-order valence-corrected chi connectivity index (χ2v) is 3.31. The van der Waals surface area contributed by atoms with E-state index in [0.29, 0.717) is 5.03 Å². The molecule has 0 radical (unpaired) electrons. The van der Waals surface area contributed by atoms with E-state index < -0.39 is 0 Å². The predicted molar refractivity (Wildman–Crippen MR) is 51.8 cm³/mol. The zero-order chi connectivity index (χ0) is 7.56. The fraction of sp³-hybridized carbons (Fsp3) is 0. The van der Waals surface area contributed by atoms with Gasteiger partial charge >= 0.3 is 0 Å². The van der Waals surface area contributed by atoms with Gasteiger partial charge in [-0.1, -0.05) is 24.2 Å². The van der Waals surface area contributed by atoms with Crippen LogP contribution in [0.4, 0.5) is 0 Å². The lowest BCUT2D eigenvalue weighted by atomic mass is 10.3. The van der Waals surface area contributed by atoms with Gasteiger partial charge in [0.2, 0.25) is 0 Å². The average molecular weight is 265 g/mol. The monoisotopic (exact) mass is 265 g/mol. The first-order chi connectivity index (χ1) is 4.70. The summed E-state index contributed by atoms with van der Waals surface area (Å²) in [7, 11) is 0. The van der Waals surface area contributed by atoms with Crippen molar-refractivity contribution in [3.63, 3.8) is 0 Å². The van der Waals surface area contributed by atoms with Gasteiger partial charge in [0.25, 0.3) is 0 Å². The van der Waals surface area contributed by atoms with E-state index in [4.69, 9.17) is 11.6 Å². The molecular formula is C7H5ClIN. The van der Waals surface area contributed by atoms with Gasteiger partial charge in [0, 0.05) is 0 Å². The van der Waals surface area contributed by atoms with Gasteiger partial charge in [0.1, 0.15) is 3.70 Å². The lowest BCUT2D eigenvalue weighted by Crippen LogP contribution is -1.84. The highest BCUT2D eigenvalue weighted by Gasteiger charge is 1.95. The largest absolute Gasteiger partial charge is 0.241 e. The second-order valence-electron chi connectivity index (χ2n) is 1.75. The maximum absolute atomic E-state index is 5.61. The molecule has 3 heteroatoms. The zero-order valence-corrected chi connectivity index (χ0v) is 8.06. The van der Waals surface area contributed by atoms with Crippen LogP contribution in [-0.2, 0) is 0 Å². The van der Waals surface area contributed by atoms with E-state index in [0.717, 1.165) is 9.39 Å². The molecule has 0 aliphatic heterocycles. The lowest BCUT2D eigenvalue weighted by molar-refractivity contribution is 1.24. The number of hydrogen-bond acceptors (Lipinski definition) is 1. The molecule has 0 fully saturated rings. The minimum absolute atomic E-state index is 0.485. The summed E-state index contributed by atoms with van der Waals surface area (Å²) in [6, 6.07) is 5.64. The fourth-order valence-corrected chi connectivity index (χ4v) is 1.13. The highest BCUT2D eigenvalue weighted by molar-refractivity contribution is 14.1. The molecule has 0 bridgehead atoms. The van der Waals surface area contributed by atoms with Gasteiger partial charge in [-0.25, -0.2) is 4.98 Å². The SMILES string of the molecule is C=C(Cl)c1cccc(I)n1. The van der Waals surface area contributed by atoms with Gasteiger partial charge in [0.05, 0.1) is 10.7 Å². The van der Waals surface area contributed by atoms with Gasteiger partial charge in [-0.05, 0) is 34.7 Å². The Labute approximate surface area is 78.3 Å². The molecule has 0 unspecified atom stereocenters. The van der Waals surface area contributed by atoms with Crippen LogP contribution in [0.5, 0.6) is 0 Å². The van der Waals surface area contributed by atoms with Crippen molar-refractivity contribution in [1.29, 1.82) is 0 Å². The van der Waals surface area contributed by atoms with Gasteiger partial charge in [-0.2, -0.15) is 0 Å². The van der Waals surface area contributed by atoms with E-state index in [9.17, 15) is 0 Å². The molecule has 0 saturated carbocycles. The summed E-state index contributed by atoms with van der Waals surface area (Å²) in [5.41, 5.74) is 0.744. The van der Waals surface area contributed by atoms with Crippen molar-refractivity contribution in [2.45, 2.75) is 0 Å². The highest BCUT2D eigenvalue weighted by Crippen LogP contribution is 2.14. The Hall–Kier alpha value is -0.0900. The number of halogens is 2. The first kappa shape index (κ1) is 8.01. The Bertz CT molecular complexity index is 260. The van der Waals surface area contributed by atoms with Crippen molar-refractivity contribution in [2.24, 2.45) is 0 Å². The smallest absolute Gasteiger partial charge is 0.102 e. The van der Waals surface area contributed by atoms with Crippen LogP contribution in [0.15, 0.2) is 24.8 Å². The fourth-order valence-electron chi connectivity index (χ4n) is 0.559. The zero-order valence-electron chi connectivity index (χ0n) is 5.14. The molecule has 1 aromatic rings. The molecule has 1 nitrogen and oxygen atoms in total. The van der Waals surface area contributed by atoms with Crippen LogP contribution < -0.4 is 0 Å². The Kier molecular flexibility index (Phi) is 2.68. The number of rotatable bonds is 1. The van der Waals surface area contributed by atoms with E-state index >= 15 is 0 Å². The molecule has 0 saturated heterocycles. The molecular weight excluding hydrogens is 260 g/mol. The molecule has 0 spiro atoms. The minimum atomic E-state index is 0.485. The number of nitrogens with zero attached hydrogens (tertiary/aromatic N) is 1. The standard InChI is InChI=1S/C7H5ClIN/c1-5(8)6-3-2-4-7(9)10-6/h2-4H,1H2. The Morgan fingerprint density at radius 2 is 2.30 bits per heavy atom. The molecule has 0 aromatic carbocycles. The molecule has 0 aliphatic rings. The van der Waals surface area contributed by atoms with Crippen LogP contribution >= 0.6 is 34.2 Å². The molecule has 1 heterocycles. The normalized spacial score (nSPS) is 9.40. The average Bonchev–Trinajstić information content (AvgIpc) is 1.88. The predicted octanol–water partition coefficient (Wildman–Crippen LogP) is 2.90. The summed E-state index contributed by atoms with van der Waals surface area (Å²) in [5, 5.41) is 0.485. The molecule has 0 aliphatic carbocycles. The third kappa shape index (κ3) is 1.95. The van der Waals surface area contributed by atoms with Crippen LogP contribution in [-0.4, -0.2) is 4.98 Å². The van der Waals surface area contributed by atoms with Crippen molar-refractivity contribution >= 4 is 39.2 Å². The van der Waals surface area contributed by atoms with Crippen LogP contribution in [0.3, 0.4) is 0 Å². The van der Waals surface area contributed by atoms with Crippen molar-refractivity contribution in [3.05, 3.63) is 34.2 Å². The molecule has 0 amide bonds. The van der Waals surface area contributed by atoms with E-state index in [2.05, 4.69) is 34.2 Å². The summed E-state index contributed by atoms with van der Waals surface area (Å²) in [6.07, 6.45) is 0. The number of hydrogen-bond donors (Lipinski definition) is 0. The Balaban J connectivity index is 3.07. The summed E-state index contributed by atoms with van der Waals surface area (Å²) < 4.78 is 0.928. The molecule has 0 N–H and O–H groups in total. The van der Waals surface area contributed by atoms with E-state index in [1.807, 2.05) is 18.2 Å². The Morgan fingerprint density at radius 3 is 2.70 bits per heavy atom. The number of aromatic nitrogens is 1.